The number of nitriles is 1. The van der Waals surface area contributed by atoms with Crippen LogP contribution in [0.4, 0.5) is 0 Å². The molecule has 0 rings (SSSR count). The summed E-state index contributed by atoms with van der Waals surface area (Å²) in [7, 11) is -3.96. The van der Waals surface area contributed by atoms with Crippen molar-refractivity contribution in [1.29, 1.82) is 5.26 Å². The number of rotatable bonds is 4. The van der Waals surface area contributed by atoms with Gasteiger partial charge >= 0.3 is 5.97 Å². The molecule has 0 aromatic heterocycles. The number of nitrogens with zero attached hydrogens (tertiary/aromatic N) is 1. The van der Waals surface area contributed by atoms with E-state index in [1.807, 2.05) is 0 Å². The first-order valence-electron chi connectivity index (χ1n) is 3.48. The van der Waals surface area contributed by atoms with E-state index < -0.39 is 21.8 Å². The summed E-state index contributed by atoms with van der Waals surface area (Å²) in [4.78, 5) is 10.9. The Bertz CT molecular complexity index is 378. The molecular weight excluding hydrogens is 210 g/mol. The van der Waals surface area contributed by atoms with Crippen LogP contribution < -0.4 is 9.86 Å². The van der Waals surface area contributed by atoms with Gasteiger partial charge in [0.1, 0.15) is 6.07 Å². The first-order valence-corrected chi connectivity index (χ1v) is 5.02. The Morgan fingerprint density at radius 1 is 1.71 bits per heavy atom. The standard InChI is InChI=1S/C6H9N3O4S/c1-2-13-6(10)5(3-7)4-9-14(8,11)12/h4,9H,2H2,1H3,(H2,8,11,12)/b5-4+. The average molecular weight is 219 g/mol. The van der Waals surface area contributed by atoms with Crippen LogP contribution in [0.15, 0.2) is 11.8 Å². The van der Waals surface area contributed by atoms with Crippen molar-refractivity contribution in [3.05, 3.63) is 11.8 Å². The van der Waals surface area contributed by atoms with Crippen LogP contribution in [-0.4, -0.2) is 21.0 Å². The molecule has 8 heteroatoms. The molecule has 0 amide bonds. The summed E-state index contributed by atoms with van der Waals surface area (Å²) in [5, 5.41) is 13.0. The maximum atomic E-state index is 10.9. The number of carbonyl (C=O) groups excluding carboxylic acids is 1. The summed E-state index contributed by atoms with van der Waals surface area (Å²) in [6.07, 6.45) is 0.674. The van der Waals surface area contributed by atoms with Gasteiger partial charge in [-0.3, -0.25) is 4.72 Å². The fourth-order valence-electron chi connectivity index (χ4n) is 0.487. The molecule has 0 atom stereocenters. The molecule has 3 N–H and O–H groups in total. The van der Waals surface area contributed by atoms with E-state index in [4.69, 9.17) is 5.26 Å². The summed E-state index contributed by atoms with van der Waals surface area (Å²) < 4.78 is 26.9. The maximum Gasteiger partial charge on any atom is 0.350 e. The van der Waals surface area contributed by atoms with Gasteiger partial charge in [0.15, 0.2) is 5.57 Å². The summed E-state index contributed by atoms with van der Waals surface area (Å²) >= 11 is 0. The highest BCUT2D eigenvalue weighted by molar-refractivity contribution is 7.87. The van der Waals surface area contributed by atoms with Crippen LogP contribution in [0.5, 0.6) is 0 Å². The largest absolute Gasteiger partial charge is 0.462 e. The van der Waals surface area contributed by atoms with E-state index in [-0.39, 0.29) is 6.61 Å². The zero-order valence-corrected chi connectivity index (χ0v) is 8.17. The molecule has 0 aromatic carbocycles. The molecule has 0 spiro atoms. The predicted molar refractivity (Wildman–Crippen MR) is 46.6 cm³/mol. The molecule has 0 saturated heterocycles. The Morgan fingerprint density at radius 2 is 2.29 bits per heavy atom. The van der Waals surface area contributed by atoms with E-state index in [1.54, 1.807) is 11.6 Å². The zero-order chi connectivity index (χ0) is 11.2. The van der Waals surface area contributed by atoms with Gasteiger partial charge in [-0.1, -0.05) is 0 Å². The smallest absolute Gasteiger partial charge is 0.350 e. The fourth-order valence-corrected chi connectivity index (χ4v) is 0.769. The molecule has 7 nitrogen and oxygen atoms in total. The molecule has 0 unspecified atom stereocenters. The Labute approximate surface area is 81.3 Å². The van der Waals surface area contributed by atoms with E-state index in [0.29, 0.717) is 6.20 Å². The number of carbonyl (C=O) groups is 1. The average Bonchev–Trinajstić information content (AvgIpc) is 2.03. The molecule has 0 heterocycles. The summed E-state index contributed by atoms with van der Waals surface area (Å²) in [6.45, 7) is 1.65. The normalized spacial score (nSPS) is 11.6. The summed E-state index contributed by atoms with van der Waals surface area (Å²) in [6, 6.07) is 1.46. The van der Waals surface area contributed by atoms with Crippen LogP contribution in [-0.2, 0) is 19.7 Å². The number of ether oxygens (including phenoxy) is 1. The SMILES string of the molecule is CCOC(=O)/C(C#N)=C/NS(N)(=O)=O. The molecule has 0 aromatic rings. The maximum absolute atomic E-state index is 10.9. The van der Waals surface area contributed by atoms with Crippen LogP contribution >= 0.6 is 0 Å². The number of nitrogens with one attached hydrogen (secondary N) is 1. The Morgan fingerprint density at radius 3 is 2.64 bits per heavy atom. The van der Waals surface area contributed by atoms with Gasteiger partial charge in [-0.05, 0) is 6.92 Å². The molecule has 0 aliphatic carbocycles. The van der Waals surface area contributed by atoms with Gasteiger partial charge in [-0.25, -0.2) is 9.93 Å². The van der Waals surface area contributed by atoms with Crippen molar-refractivity contribution in [3.63, 3.8) is 0 Å². The van der Waals surface area contributed by atoms with Gasteiger partial charge in [0, 0.05) is 6.20 Å². The second-order valence-corrected chi connectivity index (χ2v) is 3.38. The third-order valence-electron chi connectivity index (χ3n) is 0.983. The minimum Gasteiger partial charge on any atom is -0.462 e. The lowest BCUT2D eigenvalue weighted by Gasteiger charge is -1.99. The van der Waals surface area contributed by atoms with E-state index in [2.05, 4.69) is 9.88 Å². The molecule has 0 saturated carbocycles. The van der Waals surface area contributed by atoms with Gasteiger partial charge in [-0.2, -0.15) is 13.7 Å². The van der Waals surface area contributed by atoms with Crippen LogP contribution in [0.3, 0.4) is 0 Å². The molecule has 78 valence electrons. The van der Waals surface area contributed by atoms with Crippen molar-refractivity contribution >= 4 is 16.2 Å². The van der Waals surface area contributed by atoms with Gasteiger partial charge in [0.05, 0.1) is 6.61 Å². The van der Waals surface area contributed by atoms with Crippen molar-refractivity contribution in [3.8, 4) is 6.07 Å². The second kappa shape index (κ2) is 5.21. The fraction of sp³-hybridized carbons (Fsp3) is 0.333. The molecule has 14 heavy (non-hydrogen) atoms. The van der Waals surface area contributed by atoms with Gasteiger partial charge in [0.2, 0.25) is 0 Å². The van der Waals surface area contributed by atoms with Crippen LogP contribution in [0.2, 0.25) is 0 Å². The van der Waals surface area contributed by atoms with Crippen molar-refractivity contribution < 1.29 is 17.9 Å². The third kappa shape index (κ3) is 5.13. The van der Waals surface area contributed by atoms with Crippen LogP contribution in [0, 0.1) is 11.3 Å². The minimum atomic E-state index is -3.96. The first kappa shape index (κ1) is 12.4. The highest BCUT2D eigenvalue weighted by Gasteiger charge is 2.10. The Hall–Kier alpha value is -1.59. The lowest BCUT2D eigenvalue weighted by molar-refractivity contribution is -0.138. The summed E-state index contributed by atoms with van der Waals surface area (Å²) in [5.74, 6) is -0.911. The van der Waals surface area contributed by atoms with Gasteiger partial charge < -0.3 is 4.74 Å². The predicted octanol–water partition coefficient (Wildman–Crippen LogP) is -1.25. The lowest BCUT2D eigenvalue weighted by atomic mass is 10.3. The van der Waals surface area contributed by atoms with Crippen molar-refractivity contribution in [2.45, 2.75) is 6.92 Å². The van der Waals surface area contributed by atoms with Gasteiger partial charge in [-0.15, -0.1) is 0 Å². The number of nitrogens with two attached hydrogens (primary N) is 1. The van der Waals surface area contributed by atoms with Gasteiger partial charge in [0.25, 0.3) is 10.2 Å². The van der Waals surface area contributed by atoms with Crippen LogP contribution in [0.1, 0.15) is 6.92 Å². The number of esters is 1. The monoisotopic (exact) mass is 219 g/mol. The van der Waals surface area contributed by atoms with E-state index in [0.717, 1.165) is 0 Å². The van der Waals surface area contributed by atoms with E-state index in [9.17, 15) is 13.2 Å². The van der Waals surface area contributed by atoms with E-state index in [1.165, 1.54) is 6.07 Å². The first-order chi connectivity index (χ1) is 6.40. The second-order valence-electron chi connectivity index (χ2n) is 2.05. The summed E-state index contributed by atoms with van der Waals surface area (Å²) in [5.41, 5.74) is -0.471. The van der Waals surface area contributed by atoms with Crippen molar-refractivity contribution in [2.24, 2.45) is 5.14 Å². The van der Waals surface area contributed by atoms with Crippen molar-refractivity contribution in [1.82, 2.24) is 4.72 Å². The topological polar surface area (TPSA) is 122 Å². The molecule has 0 radical (unpaired) electrons. The molecular formula is C6H9N3O4S. The highest BCUT2D eigenvalue weighted by Crippen LogP contribution is 1.94. The highest BCUT2D eigenvalue weighted by atomic mass is 32.2. The molecule has 0 aliphatic rings. The van der Waals surface area contributed by atoms with E-state index >= 15 is 0 Å². The quantitative estimate of drug-likeness (QED) is 0.347. The molecule has 0 bridgehead atoms. The lowest BCUT2D eigenvalue weighted by Crippen LogP contribution is -2.27. The number of hydrogen-bond acceptors (Lipinski definition) is 5. The molecule has 0 fully saturated rings. The minimum absolute atomic E-state index is 0.0905. The molecule has 0 aliphatic heterocycles. The Kier molecular flexibility index (Phi) is 4.62. The Balaban J connectivity index is 4.59. The zero-order valence-electron chi connectivity index (χ0n) is 7.35. The number of hydrogen-bond donors (Lipinski definition) is 2. The van der Waals surface area contributed by atoms with Crippen molar-refractivity contribution in [2.75, 3.05) is 6.61 Å². The van der Waals surface area contributed by atoms with Crippen LogP contribution in [0.25, 0.3) is 0 Å². The third-order valence-corrected chi connectivity index (χ3v) is 1.43.